The number of imidazole rings is 1. The van der Waals surface area contributed by atoms with Gasteiger partial charge in [-0.15, -0.1) is 0 Å². The highest BCUT2D eigenvalue weighted by Crippen LogP contribution is 2.16. The lowest BCUT2D eigenvalue weighted by Crippen LogP contribution is -2.26. The highest BCUT2D eigenvalue weighted by atomic mass is 19.1. The minimum Gasteiger partial charge on any atom is -0.349 e. The van der Waals surface area contributed by atoms with Gasteiger partial charge in [0.05, 0.1) is 5.52 Å². The Morgan fingerprint density at radius 1 is 1.11 bits per heavy atom. The summed E-state index contributed by atoms with van der Waals surface area (Å²) in [6.45, 7) is 2.65. The Morgan fingerprint density at radius 2 is 1.96 bits per heavy atom. The molecule has 0 bridgehead atoms. The van der Waals surface area contributed by atoms with E-state index in [9.17, 15) is 14.0 Å². The number of nitrogens with one attached hydrogen (secondary N) is 2. The fraction of sp³-hybridized carbons (Fsp3) is 0.250. The van der Waals surface area contributed by atoms with Gasteiger partial charge in [0.15, 0.2) is 5.69 Å². The lowest BCUT2D eigenvalue weighted by molar-refractivity contribution is 0.0942. The number of aromatic nitrogens is 2. The van der Waals surface area contributed by atoms with Crippen molar-refractivity contribution in [3.63, 3.8) is 0 Å². The molecule has 0 saturated heterocycles. The van der Waals surface area contributed by atoms with E-state index in [-0.39, 0.29) is 17.4 Å². The normalized spacial score (nSPS) is 10.7. The number of hydrogen-bond donors (Lipinski definition) is 2. The number of unbranched alkanes of at least 4 members (excludes halogenated alkanes) is 2. The Kier molecular flexibility index (Phi) is 5.80. The van der Waals surface area contributed by atoms with Crippen molar-refractivity contribution in [1.82, 2.24) is 14.7 Å². The van der Waals surface area contributed by atoms with Gasteiger partial charge in [-0.25, -0.2) is 9.37 Å². The first-order valence-electron chi connectivity index (χ1n) is 8.92. The van der Waals surface area contributed by atoms with E-state index >= 15 is 0 Å². The Morgan fingerprint density at radius 3 is 2.74 bits per heavy atom. The number of fused-ring (bicyclic) bond motifs is 1. The summed E-state index contributed by atoms with van der Waals surface area (Å²) in [5.74, 6) is -1.15. The van der Waals surface area contributed by atoms with Gasteiger partial charge in [-0.1, -0.05) is 31.9 Å². The second-order valence-electron chi connectivity index (χ2n) is 6.17. The fourth-order valence-corrected chi connectivity index (χ4v) is 2.78. The van der Waals surface area contributed by atoms with Gasteiger partial charge in [0, 0.05) is 18.4 Å². The molecule has 0 unspecified atom stereocenters. The van der Waals surface area contributed by atoms with Gasteiger partial charge in [0.1, 0.15) is 5.82 Å². The molecule has 1 aromatic carbocycles. The Bertz CT molecular complexity index is 968. The zero-order valence-corrected chi connectivity index (χ0v) is 15.0. The highest BCUT2D eigenvalue weighted by Gasteiger charge is 2.21. The quantitative estimate of drug-likeness (QED) is 0.625. The number of hydrogen-bond acceptors (Lipinski definition) is 3. The molecule has 0 aliphatic rings. The van der Waals surface area contributed by atoms with E-state index in [2.05, 4.69) is 22.5 Å². The molecule has 27 heavy (non-hydrogen) atoms. The predicted molar refractivity (Wildman–Crippen MR) is 101 cm³/mol. The minimum atomic E-state index is -0.505. The molecule has 140 valence electrons. The zero-order chi connectivity index (χ0) is 19.2. The third-order valence-corrected chi connectivity index (χ3v) is 4.11. The molecule has 0 radical (unpaired) electrons. The van der Waals surface area contributed by atoms with E-state index < -0.39 is 11.7 Å². The van der Waals surface area contributed by atoms with Gasteiger partial charge in [0.2, 0.25) is 5.82 Å². The molecule has 3 rings (SSSR count). The van der Waals surface area contributed by atoms with Crippen LogP contribution >= 0.6 is 0 Å². The fourth-order valence-electron chi connectivity index (χ4n) is 2.78. The first-order valence-corrected chi connectivity index (χ1v) is 8.92. The van der Waals surface area contributed by atoms with E-state index in [1.807, 2.05) is 0 Å². The van der Waals surface area contributed by atoms with Crippen LogP contribution in [0.15, 0.2) is 48.7 Å². The van der Waals surface area contributed by atoms with Crippen molar-refractivity contribution in [3.05, 3.63) is 66.0 Å². The molecule has 2 aromatic heterocycles. The number of carbonyl (C=O) groups excluding carboxylic acids is 2. The molecule has 3 aromatic rings. The van der Waals surface area contributed by atoms with Crippen LogP contribution in [-0.4, -0.2) is 27.7 Å². The summed E-state index contributed by atoms with van der Waals surface area (Å²) in [5, 5.41) is 5.45. The number of halogens is 1. The molecule has 0 saturated carbocycles. The summed E-state index contributed by atoms with van der Waals surface area (Å²) >= 11 is 0. The predicted octanol–water partition coefficient (Wildman–Crippen LogP) is 3.65. The number of anilines is 1. The maximum Gasteiger partial charge on any atom is 0.287 e. The van der Waals surface area contributed by atoms with Crippen molar-refractivity contribution in [1.29, 1.82) is 0 Å². The summed E-state index contributed by atoms with van der Waals surface area (Å²) in [5.41, 5.74) is 0.936. The van der Waals surface area contributed by atoms with E-state index in [1.165, 1.54) is 18.2 Å². The van der Waals surface area contributed by atoms with Gasteiger partial charge < -0.3 is 10.6 Å². The molecule has 0 aliphatic carbocycles. The zero-order valence-electron chi connectivity index (χ0n) is 15.0. The van der Waals surface area contributed by atoms with E-state index in [4.69, 9.17) is 0 Å². The van der Waals surface area contributed by atoms with Crippen molar-refractivity contribution >= 4 is 23.0 Å². The SMILES string of the molecule is CCCCCNC(=O)c1nc(C(=O)Nc2cccc(F)c2)c2ccccn12. The number of carbonyl (C=O) groups is 2. The van der Waals surface area contributed by atoms with Gasteiger partial charge in [0.25, 0.3) is 11.8 Å². The summed E-state index contributed by atoms with van der Waals surface area (Å²) in [7, 11) is 0. The van der Waals surface area contributed by atoms with Gasteiger partial charge in [-0.2, -0.15) is 0 Å². The topological polar surface area (TPSA) is 75.5 Å². The van der Waals surface area contributed by atoms with Crippen LogP contribution in [0.1, 0.15) is 47.3 Å². The number of rotatable bonds is 7. The second kappa shape index (κ2) is 8.44. The summed E-state index contributed by atoms with van der Waals surface area (Å²) in [4.78, 5) is 29.4. The van der Waals surface area contributed by atoms with Crippen molar-refractivity contribution in [2.24, 2.45) is 0 Å². The molecule has 2 heterocycles. The largest absolute Gasteiger partial charge is 0.349 e. The number of nitrogens with zero attached hydrogens (tertiary/aromatic N) is 2. The molecule has 0 spiro atoms. The maximum atomic E-state index is 13.3. The summed E-state index contributed by atoms with van der Waals surface area (Å²) < 4.78 is 14.9. The number of benzene rings is 1. The van der Waals surface area contributed by atoms with Crippen LogP contribution in [0.4, 0.5) is 10.1 Å². The van der Waals surface area contributed by atoms with Crippen molar-refractivity contribution < 1.29 is 14.0 Å². The Balaban J connectivity index is 1.85. The van der Waals surface area contributed by atoms with Crippen LogP contribution in [-0.2, 0) is 0 Å². The number of amides is 2. The average Bonchev–Trinajstić information content (AvgIpc) is 3.05. The first kappa shape index (κ1) is 18.6. The Labute approximate surface area is 156 Å². The first-order chi connectivity index (χ1) is 13.1. The van der Waals surface area contributed by atoms with E-state index in [0.29, 0.717) is 17.7 Å². The van der Waals surface area contributed by atoms with Gasteiger partial charge in [-0.05, 0) is 36.8 Å². The van der Waals surface area contributed by atoms with Gasteiger partial charge in [-0.3, -0.25) is 14.0 Å². The molecule has 0 atom stereocenters. The van der Waals surface area contributed by atoms with Crippen LogP contribution in [0.3, 0.4) is 0 Å². The van der Waals surface area contributed by atoms with E-state index in [0.717, 1.165) is 19.3 Å². The highest BCUT2D eigenvalue weighted by molar-refractivity contribution is 6.08. The molecule has 2 amide bonds. The van der Waals surface area contributed by atoms with Crippen LogP contribution in [0, 0.1) is 5.82 Å². The molecular formula is C20H21FN4O2. The summed E-state index contributed by atoms with van der Waals surface area (Å²) in [6, 6.07) is 10.8. The standard InChI is InChI=1S/C20H21FN4O2/c1-2-3-5-11-22-20(27)18-24-17(16-10-4-6-12-25(16)18)19(26)23-15-9-7-8-14(21)13-15/h4,6-10,12-13H,2-3,5,11H2,1H3,(H,22,27)(H,23,26). The van der Waals surface area contributed by atoms with Crippen LogP contribution in [0.2, 0.25) is 0 Å². The summed E-state index contributed by atoms with van der Waals surface area (Å²) in [6.07, 6.45) is 4.66. The van der Waals surface area contributed by atoms with Crippen LogP contribution < -0.4 is 10.6 Å². The lowest BCUT2D eigenvalue weighted by atomic mass is 10.2. The third-order valence-electron chi connectivity index (χ3n) is 4.11. The Hall–Kier alpha value is -3.22. The molecule has 0 aliphatic heterocycles. The van der Waals surface area contributed by atoms with Crippen molar-refractivity contribution in [2.75, 3.05) is 11.9 Å². The monoisotopic (exact) mass is 368 g/mol. The number of pyridine rings is 1. The maximum absolute atomic E-state index is 13.3. The molecule has 7 heteroatoms. The third kappa shape index (κ3) is 4.31. The van der Waals surface area contributed by atoms with Crippen molar-refractivity contribution in [2.45, 2.75) is 26.2 Å². The lowest BCUT2D eigenvalue weighted by Gasteiger charge is -2.03. The smallest absolute Gasteiger partial charge is 0.287 e. The minimum absolute atomic E-state index is 0.110. The molecule has 6 nitrogen and oxygen atoms in total. The van der Waals surface area contributed by atoms with Crippen molar-refractivity contribution in [3.8, 4) is 0 Å². The van der Waals surface area contributed by atoms with Crippen LogP contribution in [0.25, 0.3) is 5.52 Å². The van der Waals surface area contributed by atoms with E-state index in [1.54, 1.807) is 34.9 Å². The second-order valence-corrected chi connectivity index (χ2v) is 6.17. The average molecular weight is 368 g/mol. The van der Waals surface area contributed by atoms with Gasteiger partial charge >= 0.3 is 0 Å². The molecular weight excluding hydrogens is 347 g/mol. The van der Waals surface area contributed by atoms with Crippen LogP contribution in [0.5, 0.6) is 0 Å². The molecule has 0 fully saturated rings. The molecule has 2 N–H and O–H groups in total.